The van der Waals surface area contributed by atoms with Gasteiger partial charge in [-0.25, -0.2) is 4.57 Å². The van der Waals surface area contributed by atoms with Gasteiger partial charge in [0.05, 0.1) is 25.6 Å². The largest absolute Gasteiger partial charge is 0.588 e. The van der Waals surface area contributed by atoms with Crippen LogP contribution in [0.15, 0.2) is 60.7 Å². The van der Waals surface area contributed by atoms with Crippen LogP contribution in [0.1, 0.15) is 260 Å². The van der Waals surface area contributed by atoms with E-state index in [-0.39, 0.29) is 61.8 Å². The molecule has 15 nitrogen and oxygen atoms in total. The number of nitrogens with one attached hydrogen (secondary N) is 1. The van der Waals surface area contributed by atoms with E-state index in [1.807, 2.05) is 12.1 Å². The second-order valence-electron chi connectivity index (χ2n) is 31.3. The van der Waals surface area contributed by atoms with Crippen molar-refractivity contribution in [2.45, 2.75) is 372 Å². The highest BCUT2D eigenvalue weighted by Gasteiger charge is 2.55. The molecule has 1 amide bonds. The fourth-order valence-electron chi connectivity index (χ4n) is 11.4. The molecule has 1 N–H and O–H groups in total. The standard InChI is InChI=1S/C77H140NO14PSi3/c1-15-18-21-24-27-29-30-31-32-34-37-40-49-56-71(80)87-68(55-44-39-35-26-23-20-17-3)62-72(81)89-75-73(78-70(79)61-67(85-64-83-57-59-94(7,8)9)54-43-38-36-33-28-25-22-19-16-2)76(84-58-60-95(10,11)12)88-69(63-86-96(13,14)77(4,5)6)74(75)92-93(82,90-65-50-45-41-46-51-65)91-66-52-47-42-48-53-66/h41-42,45-48,50-53,67-69,73-76H,15-40,43-44,49,54-64H2,1-14H3,(H,78,79)/t67?,68?,69-,73-,74-,75-,76-/m1/s1. The lowest BCUT2D eigenvalue weighted by molar-refractivity contribution is -0.269. The predicted octanol–water partition coefficient (Wildman–Crippen LogP) is 22.1. The zero-order valence-corrected chi connectivity index (χ0v) is 67.2. The molecule has 1 fully saturated rings. The topological polar surface area (TPSA) is 173 Å². The molecule has 0 radical (unpaired) electrons. The van der Waals surface area contributed by atoms with E-state index in [9.17, 15) is 4.79 Å². The van der Waals surface area contributed by atoms with Crippen LogP contribution < -0.4 is 14.4 Å². The van der Waals surface area contributed by atoms with Crippen molar-refractivity contribution in [1.29, 1.82) is 0 Å². The number of phosphoric acid groups is 1. The number of benzene rings is 2. The van der Waals surface area contributed by atoms with Crippen LogP contribution in [-0.2, 0) is 56.3 Å². The molecule has 0 spiro atoms. The van der Waals surface area contributed by atoms with Crippen LogP contribution in [0.4, 0.5) is 0 Å². The van der Waals surface area contributed by atoms with E-state index >= 15 is 14.2 Å². The lowest BCUT2D eigenvalue weighted by Crippen LogP contribution is -2.67. The first kappa shape index (κ1) is 87.3. The zero-order valence-electron chi connectivity index (χ0n) is 63.3. The fraction of sp³-hybridized carbons (Fsp3) is 0.805. The van der Waals surface area contributed by atoms with Crippen molar-refractivity contribution in [1.82, 2.24) is 5.32 Å². The van der Waals surface area contributed by atoms with Crippen molar-refractivity contribution in [2.24, 2.45) is 0 Å². The number of rotatable bonds is 58. The van der Waals surface area contributed by atoms with E-state index in [0.717, 1.165) is 89.1 Å². The number of phosphoric ester groups is 1. The van der Waals surface area contributed by atoms with Gasteiger partial charge in [-0.3, -0.25) is 18.9 Å². The predicted molar refractivity (Wildman–Crippen MR) is 402 cm³/mol. The molecule has 1 saturated heterocycles. The van der Waals surface area contributed by atoms with Crippen LogP contribution in [0.5, 0.6) is 11.5 Å². The minimum atomic E-state index is -4.82. The van der Waals surface area contributed by atoms with Crippen LogP contribution >= 0.6 is 7.82 Å². The molecule has 2 aromatic carbocycles. The Morgan fingerprint density at radius 1 is 0.542 bits per heavy atom. The molecule has 7 atom stereocenters. The normalized spacial score (nSPS) is 17.8. The summed E-state index contributed by atoms with van der Waals surface area (Å²) in [4.78, 5) is 44.5. The Labute approximate surface area is 588 Å². The minimum absolute atomic E-state index is 0.0426. The third-order valence-electron chi connectivity index (χ3n) is 18.7. The van der Waals surface area contributed by atoms with Crippen molar-refractivity contribution in [3.8, 4) is 11.5 Å². The molecule has 2 unspecified atom stereocenters. The monoisotopic (exact) mass is 1420 g/mol. The lowest BCUT2D eigenvalue weighted by atomic mass is 9.96. The summed E-state index contributed by atoms with van der Waals surface area (Å²) in [6.45, 7) is 31.9. The maximum absolute atomic E-state index is 15.9. The smallest absolute Gasteiger partial charge is 0.462 e. The first-order chi connectivity index (χ1) is 45.8. The number of unbranched alkanes of at least 4 members (excludes halogenated alkanes) is 26. The number of esters is 2. The van der Waals surface area contributed by atoms with E-state index in [1.54, 1.807) is 48.5 Å². The zero-order chi connectivity index (χ0) is 70.6. The van der Waals surface area contributed by atoms with Gasteiger partial charge in [-0.1, -0.05) is 291 Å². The average molecular weight is 1420 g/mol. The maximum atomic E-state index is 15.9. The Kier molecular flexibility index (Phi) is 45.1. The summed E-state index contributed by atoms with van der Waals surface area (Å²) < 4.78 is 82.1. The summed E-state index contributed by atoms with van der Waals surface area (Å²) in [5.41, 5.74) is 0. The molecule has 1 aliphatic rings. The molecule has 96 heavy (non-hydrogen) atoms. The van der Waals surface area contributed by atoms with Crippen LogP contribution in [0.2, 0.25) is 69.5 Å². The first-order valence-corrected chi connectivity index (χ1v) is 50.1. The Bertz CT molecular complexity index is 2310. The molecule has 2 aromatic rings. The van der Waals surface area contributed by atoms with Crippen molar-refractivity contribution >= 4 is 50.1 Å². The van der Waals surface area contributed by atoms with E-state index < -0.39 is 87.0 Å². The third kappa shape index (κ3) is 41.1. The highest BCUT2D eigenvalue weighted by atomic mass is 31.2. The van der Waals surface area contributed by atoms with Crippen LogP contribution in [0, 0.1) is 0 Å². The summed E-state index contributed by atoms with van der Waals surface area (Å²) in [7, 11) is -10.5. The summed E-state index contributed by atoms with van der Waals surface area (Å²) >= 11 is 0. The number of carbonyl (C=O) groups is 3. The van der Waals surface area contributed by atoms with Crippen LogP contribution in [-0.4, -0.2) is 112 Å². The fourth-order valence-corrected chi connectivity index (χ4v) is 15.4. The van der Waals surface area contributed by atoms with E-state index in [4.69, 9.17) is 46.4 Å². The van der Waals surface area contributed by atoms with E-state index in [0.29, 0.717) is 25.9 Å². The molecule has 0 saturated carbocycles. The Hall–Kier alpha value is -2.91. The van der Waals surface area contributed by atoms with Crippen LogP contribution in [0.25, 0.3) is 0 Å². The van der Waals surface area contributed by atoms with Gasteiger partial charge in [-0.2, -0.15) is 0 Å². The number of para-hydroxylation sites is 2. The Morgan fingerprint density at radius 3 is 1.44 bits per heavy atom. The van der Waals surface area contributed by atoms with Crippen LogP contribution in [0.3, 0.4) is 0 Å². The number of amides is 1. The molecule has 1 heterocycles. The molecule has 1 aliphatic heterocycles. The molecule has 3 rings (SSSR count). The second-order valence-corrected chi connectivity index (χ2v) is 48.9. The Balaban J connectivity index is 2.17. The molecular weight excluding hydrogens is 1280 g/mol. The number of hydrogen-bond donors (Lipinski definition) is 1. The van der Waals surface area contributed by atoms with Crippen molar-refractivity contribution in [3.63, 3.8) is 0 Å². The van der Waals surface area contributed by atoms with Crippen molar-refractivity contribution < 1.29 is 65.4 Å². The van der Waals surface area contributed by atoms with Gasteiger partial charge < -0.3 is 47.2 Å². The van der Waals surface area contributed by atoms with Crippen molar-refractivity contribution in [2.75, 3.05) is 26.6 Å². The average Bonchev–Trinajstić information content (AvgIpc) is 0.781. The van der Waals surface area contributed by atoms with E-state index in [1.165, 1.54) is 103 Å². The first-order valence-electron chi connectivity index (χ1n) is 38.3. The van der Waals surface area contributed by atoms with E-state index in [2.05, 4.69) is 99.2 Å². The van der Waals surface area contributed by atoms with Gasteiger partial charge in [-0.15, -0.1) is 0 Å². The summed E-state index contributed by atoms with van der Waals surface area (Å²) in [5.74, 6) is -1.04. The van der Waals surface area contributed by atoms with Gasteiger partial charge >= 0.3 is 19.8 Å². The van der Waals surface area contributed by atoms with Gasteiger partial charge in [0.1, 0.15) is 42.6 Å². The van der Waals surface area contributed by atoms with Gasteiger partial charge in [0.2, 0.25) is 5.91 Å². The number of hydrogen-bond acceptors (Lipinski definition) is 14. The molecule has 554 valence electrons. The minimum Gasteiger partial charge on any atom is -0.462 e. The quantitative estimate of drug-likeness (QED) is 0.0218. The third-order valence-corrected chi connectivity index (χ3v) is 28.0. The summed E-state index contributed by atoms with van der Waals surface area (Å²) in [6.07, 6.45) is 27.7. The molecule has 0 aliphatic carbocycles. The van der Waals surface area contributed by atoms with Gasteiger partial charge in [0.25, 0.3) is 0 Å². The summed E-state index contributed by atoms with van der Waals surface area (Å²) in [6, 6.07) is 17.7. The highest BCUT2D eigenvalue weighted by molar-refractivity contribution is 7.49. The SMILES string of the molecule is CCCCCCCCCCCCCCCC(=O)OC(CCCCCCCCC)CC(=O)O[C@@H]1[C@@H](NC(=O)CC(CCCCCCCCCCC)OCOCC[Si](C)(C)C)[C@H](OCC[Si](C)(C)C)O[C@H](CO[Si](C)(C)C(C)(C)C)[C@H]1OP(=O)(Oc1ccccc1)Oc1ccccc1. The molecule has 0 aromatic heterocycles. The molecular formula is C77H140NO14PSi3. The second kappa shape index (κ2) is 49.6. The lowest BCUT2D eigenvalue weighted by Gasteiger charge is -2.47. The maximum Gasteiger partial charge on any atom is 0.588 e. The van der Waals surface area contributed by atoms with Gasteiger partial charge in [-0.05, 0) is 80.2 Å². The molecule has 0 bridgehead atoms. The van der Waals surface area contributed by atoms with Gasteiger partial charge in [0.15, 0.2) is 20.7 Å². The van der Waals surface area contributed by atoms with Crippen molar-refractivity contribution in [3.05, 3.63) is 60.7 Å². The number of carbonyl (C=O) groups excluding carboxylic acids is 3. The summed E-state index contributed by atoms with van der Waals surface area (Å²) in [5, 5.41) is 3.02. The number of ether oxygens (including phenoxy) is 6. The highest BCUT2D eigenvalue weighted by Crippen LogP contribution is 2.53. The van der Waals surface area contributed by atoms with Gasteiger partial charge in [0, 0.05) is 35.8 Å². The Morgan fingerprint density at radius 2 is 0.979 bits per heavy atom. The molecule has 19 heteroatoms.